The molecule has 1 aliphatic rings. The lowest BCUT2D eigenvalue weighted by Gasteiger charge is -2.32. The van der Waals surface area contributed by atoms with Crippen molar-refractivity contribution < 1.29 is 0 Å². The van der Waals surface area contributed by atoms with Crippen molar-refractivity contribution in [2.45, 2.75) is 25.8 Å². The molecule has 1 fully saturated rings. The zero-order valence-electron chi connectivity index (χ0n) is 15.6. The van der Waals surface area contributed by atoms with Crippen LogP contribution in [0.4, 0.5) is 11.5 Å². The first-order chi connectivity index (χ1) is 13.1. The van der Waals surface area contributed by atoms with Crippen LogP contribution < -0.4 is 16.4 Å². The molecule has 4 N–H and O–H groups in total. The molecule has 0 saturated carbocycles. The summed E-state index contributed by atoms with van der Waals surface area (Å²) >= 11 is 0. The van der Waals surface area contributed by atoms with E-state index < -0.39 is 0 Å². The van der Waals surface area contributed by atoms with E-state index in [2.05, 4.69) is 34.1 Å². The normalized spacial score (nSPS) is 15.1. The molecular formula is C22H25N5. The molecule has 27 heavy (non-hydrogen) atoms. The number of anilines is 2. The van der Waals surface area contributed by atoms with Crippen LogP contribution in [-0.2, 0) is 0 Å². The van der Waals surface area contributed by atoms with Crippen molar-refractivity contribution in [2.24, 2.45) is 5.73 Å². The number of nitrogens with zero attached hydrogens (tertiary/aromatic N) is 3. The van der Waals surface area contributed by atoms with Gasteiger partial charge in [-0.3, -0.25) is 0 Å². The molecule has 0 bridgehead atoms. The van der Waals surface area contributed by atoms with E-state index in [1.54, 1.807) is 6.20 Å². The molecule has 0 spiro atoms. The Balaban J connectivity index is 1.68. The van der Waals surface area contributed by atoms with Crippen LogP contribution in [0.5, 0.6) is 0 Å². The number of aryl methyl sites for hydroxylation is 1. The Hall–Kier alpha value is -2.92. The average molecular weight is 359 g/mol. The largest absolute Gasteiger partial charge is 0.383 e. The van der Waals surface area contributed by atoms with Crippen LogP contribution in [0.15, 0.2) is 54.7 Å². The lowest BCUT2D eigenvalue weighted by molar-refractivity contribution is 0.501. The van der Waals surface area contributed by atoms with Crippen LogP contribution in [0, 0.1) is 6.92 Å². The van der Waals surface area contributed by atoms with Gasteiger partial charge in [0.15, 0.2) is 0 Å². The lowest BCUT2D eigenvalue weighted by Crippen LogP contribution is -2.39. The summed E-state index contributed by atoms with van der Waals surface area (Å²) in [5.41, 5.74) is 18.2. The molecule has 4 rings (SSSR count). The van der Waals surface area contributed by atoms with Crippen molar-refractivity contribution in [3.63, 3.8) is 0 Å². The summed E-state index contributed by atoms with van der Waals surface area (Å²) in [6, 6.07) is 16.9. The number of hydrogen-bond acceptors (Lipinski definition) is 5. The Morgan fingerprint density at radius 1 is 1.00 bits per heavy atom. The van der Waals surface area contributed by atoms with Crippen LogP contribution >= 0.6 is 0 Å². The maximum atomic E-state index is 6.11. The highest BCUT2D eigenvalue weighted by Crippen LogP contribution is 2.30. The molecule has 3 aromatic rings. The van der Waals surface area contributed by atoms with E-state index in [1.807, 2.05) is 31.2 Å². The molecule has 0 atom stereocenters. The maximum absolute atomic E-state index is 6.11. The van der Waals surface area contributed by atoms with E-state index >= 15 is 0 Å². The number of benzene rings is 1. The van der Waals surface area contributed by atoms with Crippen molar-refractivity contribution in [3.05, 3.63) is 60.3 Å². The summed E-state index contributed by atoms with van der Waals surface area (Å²) in [5, 5.41) is 0. The number of nitrogens with two attached hydrogens (primary N) is 2. The SMILES string of the molecule is Cc1ccnc(N)c1-c1cccc(-c2cccc(N3CCC(N)CC3)c2)n1. The van der Waals surface area contributed by atoms with Gasteiger partial charge in [0.1, 0.15) is 5.82 Å². The zero-order valence-corrected chi connectivity index (χ0v) is 15.6. The maximum Gasteiger partial charge on any atom is 0.133 e. The quantitative estimate of drug-likeness (QED) is 0.746. The molecule has 1 saturated heterocycles. The standard InChI is InChI=1S/C22H25N5/c1-15-8-11-25-22(24)21(15)20-7-3-6-19(26-20)16-4-2-5-18(14-16)27-12-9-17(23)10-13-27/h2-8,11,14,17H,9-10,12-13,23H2,1H3,(H2,24,25). The van der Waals surface area contributed by atoms with Gasteiger partial charge in [0, 0.05) is 42.1 Å². The number of pyridine rings is 2. The summed E-state index contributed by atoms with van der Waals surface area (Å²) in [6.45, 7) is 4.04. The molecule has 0 aliphatic carbocycles. The van der Waals surface area contributed by atoms with Crippen molar-refractivity contribution in [1.82, 2.24) is 9.97 Å². The number of aromatic nitrogens is 2. The van der Waals surface area contributed by atoms with Gasteiger partial charge in [-0.15, -0.1) is 0 Å². The molecule has 1 aliphatic heterocycles. The van der Waals surface area contributed by atoms with Gasteiger partial charge in [-0.2, -0.15) is 0 Å². The summed E-state index contributed by atoms with van der Waals surface area (Å²) in [5.74, 6) is 0.512. The summed E-state index contributed by atoms with van der Waals surface area (Å²) in [7, 11) is 0. The third-order valence-electron chi connectivity index (χ3n) is 5.24. The first-order valence-corrected chi connectivity index (χ1v) is 9.41. The molecule has 0 amide bonds. The van der Waals surface area contributed by atoms with E-state index in [9.17, 15) is 0 Å². The average Bonchev–Trinajstić information content (AvgIpc) is 2.69. The van der Waals surface area contributed by atoms with Crippen LogP contribution in [0.3, 0.4) is 0 Å². The Kier molecular flexibility index (Phi) is 4.77. The second kappa shape index (κ2) is 7.37. The van der Waals surface area contributed by atoms with Crippen LogP contribution in [0.2, 0.25) is 0 Å². The fraction of sp³-hybridized carbons (Fsp3) is 0.273. The summed E-state index contributed by atoms with van der Waals surface area (Å²) in [4.78, 5) is 11.5. The Bertz CT molecular complexity index is 925. The van der Waals surface area contributed by atoms with Crippen LogP contribution in [-0.4, -0.2) is 29.1 Å². The van der Waals surface area contributed by atoms with Gasteiger partial charge in [0.2, 0.25) is 0 Å². The number of hydrogen-bond donors (Lipinski definition) is 2. The van der Waals surface area contributed by atoms with E-state index in [1.165, 1.54) is 5.69 Å². The summed E-state index contributed by atoms with van der Waals surface area (Å²) in [6.07, 6.45) is 3.81. The fourth-order valence-electron chi connectivity index (χ4n) is 3.67. The molecule has 2 aromatic heterocycles. The molecular weight excluding hydrogens is 334 g/mol. The van der Waals surface area contributed by atoms with Gasteiger partial charge in [-0.1, -0.05) is 18.2 Å². The van der Waals surface area contributed by atoms with Gasteiger partial charge in [-0.05, 0) is 55.7 Å². The molecule has 138 valence electrons. The molecule has 5 heteroatoms. The third kappa shape index (κ3) is 3.64. The van der Waals surface area contributed by atoms with Gasteiger partial charge in [-0.25, -0.2) is 9.97 Å². The molecule has 0 radical (unpaired) electrons. The highest BCUT2D eigenvalue weighted by atomic mass is 15.1. The van der Waals surface area contributed by atoms with Gasteiger partial charge < -0.3 is 16.4 Å². The Morgan fingerprint density at radius 2 is 1.74 bits per heavy atom. The molecule has 0 unspecified atom stereocenters. The summed E-state index contributed by atoms with van der Waals surface area (Å²) < 4.78 is 0. The van der Waals surface area contributed by atoms with Gasteiger partial charge >= 0.3 is 0 Å². The van der Waals surface area contributed by atoms with E-state index in [0.717, 1.165) is 54.0 Å². The number of piperidine rings is 1. The second-order valence-corrected chi connectivity index (χ2v) is 7.17. The predicted octanol–water partition coefficient (Wildman–Crippen LogP) is 3.63. The van der Waals surface area contributed by atoms with Crippen LogP contribution in [0.25, 0.3) is 22.5 Å². The Morgan fingerprint density at radius 3 is 2.52 bits per heavy atom. The van der Waals surface area contributed by atoms with Crippen molar-refractivity contribution in [3.8, 4) is 22.5 Å². The van der Waals surface area contributed by atoms with Crippen molar-refractivity contribution >= 4 is 11.5 Å². The fourth-order valence-corrected chi connectivity index (χ4v) is 3.67. The molecule has 5 nitrogen and oxygen atoms in total. The van der Waals surface area contributed by atoms with E-state index in [-0.39, 0.29) is 0 Å². The predicted molar refractivity (Wildman–Crippen MR) is 111 cm³/mol. The van der Waals surface area contributed by atoms with E-state index in [4.69, 9.17) is 16.5 Å². The monoisotopic (exact) mass is 359 g/mol. The topological polar surface area (TPSA) is 81.1 Å². The zero-order chi connectivity index (χ0) is 18.8. The highest BCUT2D eigenvalue weighted by Gasteiger charge is 2.17. The smallest absolute Gasteiger partial charge is 0.133 e. The molecule has 3 heterocycles. The van der Waals surface area contributed by atoms with E-state index in [0.29, 0.717) is 11.9 Å². The van der Waals surface area contributed by atoms with Crippen LogP contribution in [0.1, 0.15) is 18.4 Å². The lowest BCUT2D eigenvalue weighted by atomic mass is 10.0. The highest BCUT2D eigenvalue weighted by molar-refractivity contribution is 5.76. The van der Waals surface area contributed by atoms with Crippen molar-refractivity contribution in [1.29, 1.82) is 0 Å². The number of nitrogen functional groups attached to an aromatic ring is 1. The number of rotatable bonds is 3. The minimum absolute atomic E-state index is 0.330. The Labute approximate surface area is 160 Å². The third-order valence-corrected chi connectivity index (χ3v) is 5.24. The minimum Gasteiger partial charge on any atom is -0.383 e. The molecule has 1 aromatic carbocycles. The first-order valence-electron chi connectivity index (χ1n) is 9.41. The van der Waals surface area contributed by atoms with Gasteiger partial charge in [0.05, 0.1) is 11.4 Å². The van der Waals surface area contributed by atoms with Crippen molar-refractivity contribution in [2.75, 3.05) is 23.7 Å². The first kappa shape index (κ1) is 17.5. The van der Waals surface area contributed by atoms with Gasteiger partial charge in [0.25, 0.3) is 0 Å². The second-order valence-electron chi connectivity index (χ2n) is 7.17. The minimum atomic E-state index is 0.330.